The van der Waals surface area contributed by atoms with Gasteiger partial charge in [-0.2, -0.15) is 4.98 Å². The van der Waals surface area contributed by atoms with Gasteiger partial charge >= 0.3 is 0 Å². The zero-order valence-corrected chi connectivity index (χ0v) is 11.9. The van der Waals surface area contributed by atoms with E-state index in [1.165, 1.54) is 12.8 Å². The molecule has 1 aromatic carbocycles. The van der Waals surface area contributed by atoms with Crippen LogP contribution in [0.3, 0.4) is 0 Å². The van der Waals surface area contributed by atoms with Gasteiger partial charge in [0.15, 0.2) is 5.82 Å². The number of fused-ring (bicyclic) bond motifs is 2. The summed E-state index contributed by atoms with van der Waals surface area (Å²) < 4.78 is 11.1. The highest BCUT2D eigenvalue weighted by molar-refractivity contribution is 5.20. The maximum Gasteiger partial charge on any atom is 0.231 e. The zero-order valence-electron chi connectivity index (χ0n) is 11.9. The molecule has 1 N–H and O–H groups in total. The van der Waals surface area contributed by atoms with Crippen molar-refractivity contribution in [2.75, 3.05) is 6.61 Å². The smallest absolute Gasteiger partial charge is 0.231 e. The van der Waals surface area contributed by atoms with Crippen LogP contribution < -0.4 is 10.1 Å². The Balaban J connectivity index is 1.33. The number of para-hydroxylation sites is 1. The number of aromatic nitrogens is 2. The Bertz CT molecular complexity index is 599. The second kappa shape index (κ2) is 5.48. The summed E-state index contributed by atoms with van der Waals surface area (Å²) in [5.41, 5.74) is 0. The fourth-order valence-electron chi connectivity index (χ4n) is 3.39. The molecule has 3 unspecified atom stereocenters. The minimum atomic E-state index is 0.403. The van der Waals surface area contributed by atoms with Crippen LogP contribution in [0.2, 0.25) is 0 Å². The van der Waals surface area contributed by atoms with Gasteiger partial charge < -0.3 is 14.6 Å². The molecule has 0 spiro atoms. The summed E-state index contributed by atoms with van der Waals surface area (Å²) in [6, 6.07) is 11.0. The molecule has 2 saturated heterocycles. The predicted molar refractivity (Wildman–Crippen MR) is 77.2 cm³/mol. The fourth-order valence-corrected chi connectivity index (χ4v) is 3.39. The molecule has 0 saturated carbocycles. The lowest BCUT2D eigenvalue weighted by Gasteiger charge is -2.15. The van der Waals surface area contributed by atoms with Gasteiger partial charge in [-0.1, -0.05) is 23.4 Å². The van der Waals surface area contributed by atoms with Crippen molar-refractivity contribution in [3.8, 4) is 5.75 Å². The van der Waals surface area contributed by atoms with Gasteiger partial charge in [0, 0.05) is 18.5 Å². The first-order valence-corrected chi connectivity index (χ1v) is 7.65. The van der Waals surface area contributed by atoms with Crippen LogP contribution in [0.1, 0.15) is 36.9 Å². The lowest BCUT2D eigenvalue weighted by atomic mass is 9.89. The van der Waals surface area contributed by atoms with Gasteiger partial charge in [0.05, 0.1) is 12.5 Å². The topological polar surface area (TPSA) is 60.2 Å². The lowest BCUT2D eigenvalue weighted by Crippen LogP contribution is -2.21. The molecule has 1 aromatic heterocycles. The molecular weight excluding hydrogens is 266 g/mol. The molecular formula is C16H19N3O2. The minimum absolute atomic E-state index is 0.403. The summed E-state index contributed by atoms with van der Waals surface area (Å²) in [5, 5.41) is 7.68. The van der Waals surface area contributed by atoms with Gasteiger partial charge in [-0.3, -0.25) is 0 Å². The molecule has 2 aliphatic rings. The van der Waals surface area contributed by atoms with E-state index in [0.717, 1.165) is 23.9 Å². The molecule has 2 aliphatic heterocycles. The van der Waals surface area contributed by atoms with E-state index in [1.54, 1.807) is 0 Å². The predicted octanol–water partition coefficient (Wildman–Crippen LogP) is 2.30. The van der Waals surface area contributed by atoms with Crippen molar-refractivity contribution in [3.63, 3.8) is 0 Å². The first-order valence-electron chi connectivity index (χ1n) is 7.65. The summed E-state index contributed by atoms with van der Waals surface area (Å²) in [5.74, 6) is 2.81. The lowest BCUT2D eigenvalue weighted by molar-refractivity contribution is 0.308. The Morgan fingerprint density at radius 2 is 2.14 bits per heavy atom. The molecule has 2 bridgehead atoms. The third-order valence-corrected chi connectivity index (χ3v) is 4.44. The number of hydrogen-bond donors (Lipinski definition) is 1. The molecule has 5 nitrogen and oxygen atoms in total. The van der Waals surface area contributed by atoms with Crippen molar-refractivity contribution < 1.29 is 9.26 Å². The van der Waals surface area contributed by atoms with E-state index in [-0.39, 0.29) is 0 Å². The van der Waals surface area contributed by atoms with Crippen LogP contribution in [0.15, 0.2) is 34.9 Å². The van der Waals surface area contributed by atoms with Crippen LogP contribution in [0.25, 0.3) is 0 Å². The molecule has 0 radical (unpaired) electrons. The van der Waals surface area contributed by atoms with E-state index in [9.17, 15) is 0 Å². The number of hydrogen-bond acceptors (Lipinski definition) is 5. The van der Waals surface area contributed by atoms with E-state index in [2.05, 4.69) is 15.5 Å². The van der Waals surface area contributed by atoms with E-state index in [4.69, 9.17) is 9.26 Å². The van der Waals surface area contributed by atoms with E-state index in [1.807, 2.05) is 30.3 Å². The molecule has 21 heavy (non-hydrogen) atoms. The highest BCUT2D eigenvalue weighted by Gasteiger charge is 2.42. The Morgan fingerprint density at radius 1 is 1.24 bits per heavy atom. The van der Waals surface area contributed by atoms with Gasteiger partial charge in [-0.05, 0) is 31.4 Å². The van der Waals surface area contributed by atoms with Gasteiger partial charge in [0.25, 0.3) is 0 Å². The quantitative estimate of drug-likeness (QED) is 0.913. The van der Waals surface area contributed by atoms with Crippen LogP contribution in [0.4, 0.5) is 0 Å². The normalized spacial score (nSPS) is 27.1. The van der Waals surface area contributed by atoms with Crippen LogP contribution >= 0.6 is 0 Å². The fraction of sp³-hybridized carbons (Fsp3) is 0.500. The number of ether oxygens (including phenoxy) is 1. The van der Waals surface area contributed by atoms with Crippen molar-refractivity contribution in [2.45, 2.75) is 43.7 Å². The maximum absolute atomic E-state index is 5.66. The van der Waals surface area contributed by atoms with Crippen molar-refractivity contribution in [1.29, 1.82) is 0 Å². The summed E-state index contributed by atoms with van der Waals surface area (Å²) in [4.78, 5) is 4.54. The largest absolute Gasteiger partial charge is 0.493 e. The Hall–Kier alpha value is -1.88. The van der Waals surface area contributed by atoms with E-state index >= 15 is 0 Å². The second-order valence-electron chi connectivity index (χ2n) is 5.85. The van der Waals surface area contributed by atoms with Crippen molar-refractivity contribution in [2.24, 2.45) is 0 Å². The van der Waals surface area contributed by atoms with E-state index < -0.39 is 0 Å². The van der Waals surface area contributed by atoms with Crippen molar-refractivity contribution in [1.82, 2.24) is 15.5 Å². The summed E-state index contributed by atoms with van der Waals surface area (Å²) >= 11 is 0. The Kier molecular flexibility index (Phi) is 3.35. The van der Waals surface area contributed by atoms with Crippen molar-refractivity contribution >= 4 is 0 Å². The van der Waals surface area contributed by atoms with Gasteiger partial charge in [0.2, 0.25) is 5.89 Å². The summed E-state index contributed by atoms with van der Waals surface area (Å²) in [6.07, 6.45) is 4.32. The van der Waals surface area contributed by atoms with Crippen LogP contribution in [0, 0.1) is 0 Å². The highest BCUT2D eigenvalue weighted by Crippen LogP contribution is 2.39. The average Bonchev–Trinajstić information content (AvgIpc) is 3.24. The molecule has 2 fully saturated rings. The van der Waals surface area contributed by atoms with Gasteiger partial charge in [-0.25, -0.2) is 0 Å². The number of nitrogens with one attached hydrogen (secondary N) is 1. The molecule has 110 valence electrons. The molecule has 2 aromatic rings. The van der Waals surface area contributed by atoms with E-state index in [0.29, 0.717) is 31.0 Å². The molecule has 5 heteroatoms. The summed E-state index contributed by atoms with van der Waals surface area (Å²) in [6.45, 7) is 0.567. The monoisotopic (exact) mass is 285 g/mol. The standard InChI is InChI=1S/C16H19N3O2/c1-2-4-12(5-3-1)20-9-8-15-18-16(21-19-15)13-10-11-6-7-14(13)17-11/h1-5,11,13-14,17H,6-10H2. The Labute approximate surface area is 123 Å². The number of rotatable bonds is 5. The first kappa shape index (κ1) is 12.8. The molecule has 0 amide bonds. The second-order valence-corrected chi connectivity index (χ2v) is 5.85. The summed E-state index contributed by atoms with van der Waals surface area (Å²) in [7, 11) is 0. The van der Waals surface area contributed by atoms with Gasteiger partial charge in [-0.15, -0.1) is 0 Å². The SMILES string of the molecule is c1ccc(OCCc2noc(C3CC4CCC3N4)n2)cc1. The third kappa shape index (κ3) is 2.65. The first-order chi connectivity index (χ1) is 10.4. The third-order valence-electron chi connectivity index (χ3n) is 4.44. The molecule has 4 rings (SSSR count). The number of nitrogens with zero attached hydrogens (tertiary/aromatic N) is 2. The van der Waals surface area contributed by atoms with Crippen molar-refractivity contribution in [3.05, 3.63) is 42.0 Å². The zero-order chi connectivity index (χ0) is 14.1. The Morgan fingerprint density at radius 3 is 2.90 bits per heavy atom. The number of benzene rings is 1. The molecule has 3 heterocycles. The van der Waals surface area contributed by atoms with Crippen LogP contribution in [0.5, 0.6) is 5.75 Å². The minimum Gasteiger partial charge on any atom is -0.493 e. The van der Waals surface area contributed by atoms with Crippen LogP contribution in [-0.2, 0) is 6.42 Å². The van der Waals surface area contributed by atoms with Gasteiger partial charge in [0.1, 0.15) is 5.75 Å². The maximum atomic E-state index is 5.66. The van der Waals surface area contributed by atoms with Crippen LogP contribution in [-0.4, -0.2) is 28.8 Å². The molecule has 3 atom stereocenters. The molecule has 0 aliphatic carbocycles. The highest BCUT2D eigenvalue weighted by atomic mass is 16.5. The average molecular weight is 285 g/mol.